The van der Waals surface area contributed by atoms with Gasteiger partial charge in [0.2, 0.25) is 0 Å². The van der Waals surface area contributed by atoms with Crippen molar-refractivity contribution in [3.63, 3.8) is 0 Å². The number of benzene rings is 1. The molecule has 3 heteroatoms. The summed E-state index contributed by atoms with van der Waals surface area (Å²) >= 11 is 0. The molecule has 2 N–H and O–H groups in total. The molecule has 0 saturated heterocycles. The van der Waals surface area contributed by atoms with Crippen LogP contribution in [0.25, 0.3) is 0 Å². The van der Waals surface area contributed by atoms with Crippen molar-refractivity contribution in [3.05, 3.63) is 35.4 Å². The van der Waals surface area contributed by atoms with Crippen molar-refractivity contribution in [2.45, 2.75) is 38.8 Å². The van der Waals surface area contributed by atoms with Gasteiger partial charge in [-0.1, -0.05) is 31.2 Å². The van der Waals surface area contributed by atoms with Crippen LogP contribution in [0.3, 0.4) is 0 Å². The second-order valence-corrected chi connectivity index (χ2v) is 4.64. The smallest absolute Gasteiger partial charge is 0.191 e. The van der Waals surface area contributed by atoms with Crippen LogP contribution < -0.4 is 5.73 Å². The largest absolute Gasteiger partial charge is 0.370 e. The van der Waals surface area contributed by atoms with E-state index in [0.717, 1.165) is 6.42 Å². The summed E-state index contributed by atoms with van der Waals surface area (Å²) in [5.41, 5.74) is 8.61. The molecule has 0 radical (unpaired) electrons. The van der Waals surface area contributed by atoms with E-state index >= 15 is 0 Å². The molecular formula is C14H21N3. The average molecular weight is 231 g/mol. The Balaban J connectivity index is 2.02. The highest BCUT2D eigenvalue weighted by Gasteiger charge is 2.27. The van der Waals surface area contributed by atoms with Crippen LogP contribution in [0.2, 0.25) is 0 Å². The molecule has 1 fully saturated rings. The number of nitrogens with zero attached hydrogens (tertiary/aromatic N) is 2. The van der Waals surface area contributed by atoms with Crippen molar-refractivity contribution in [3.8, 4) is 0 Å². The molecule has 1 aromatic rings. The van der Waals surface area contributed by atoms with E-state index in [1.54, 1.807) is 0 Å². The fourth-order valence-electron chi connectivity index (χ4n) is 1.98. The second-order valence-electron chi connectivity index (χ2n) is 4.64. The average Bonchev–Trinajstić information content (AvgIpc) is 3.19. The first kappa shape index (κ1) is 12.0. The quantitative estimate of drug-likeness (QED) is 0.637. The Labute approximate surface area is 103 Å². The first-order valence-electron chi connectivity index (χ1n) is 6.32. The maximum atomic E-state index is 5.97. The minimum Gasteiger partial charge on any atom is -0.370 e. The summed E-state index contributed by atoms with van der Waals surface area (Å²) in [5.74, 6) is 0.665. The van der Waals surface area contributed by atoms with Gasteiger partial charge < -0.3 is 10.6 Å². The third-order valence-corrected chi connectivity index (χ3v) is 3.37. The van der Waals surface area contributed by atoms with Crippen LogP contribution in [0.5, 0.6) is 0 Å². The van der Waals surface area contributed by atoms with Crippen molar-refractivity contribution in [2.24, 2.45) is 10.7 Å². The van der Waals surface area contributed by atoms with E-state index in [0.29, 0.717) is 18.5 Å². The molecule has 0 atom stereocenters. The summed E-state index contributed by atoms with van der Waals surface area (Å²) in [6.45, 7) is 2.86. The highest BCUT2D eigenvalue weighted by Crippen LogP contribution is 2.25. The lowest BCUT2D eigenvalue weighted by atomic mass is 10.1. The predicted molar refractivity (Wildman–Crippen MR) is 71.9 cm³/mol. The Morgan fingerprint density at radius 2 is 2.00 bits per heavy atom. The Morgan fingerprint density at radius 1 is 1.35 bits per heavy atom. The van der Waals surface area contributed by atoms with Gasteiger partial charge in [0.25, 0.3) is 0 Å². The van der Waals surface area contributed by atoms with Gasteiger partial charge in [-0.15, -0.1) is 0 Å². The molecule has 17 heavy (non-hydrogen) atoms. The fraction of sp³-hybridized carbons (Fsp3) is 0.500. The van der Waals surface area contributed by atoms with Crippen molar-refractivity contribution in [1.29, 1.82) is 0 Å². The summed E-state index contributed by atoms with van der Waals surface area (Å²) in [6.07, 6.45) is 3.54. The van der Waals surface area contributed by atoms with E-state index in [-0.39, 0.29) is 0 Å². The standard InChI is InChI=1S/C14H21N3/c1-3-11-6-4-5-7-12(11)10-16-14(15)17(2)13-8-9-13/h4-7,13H,3,8-10H2,1-2H3,(H2,15,16). The molecule has 2 rings (SSSR count). The lowest BCUT2D eigenvalue weighted by molar-refractivity contribution is 0.487. The zero-order valence-electron chi connectivity index (χ0n) is 10.7. The molecule has 0 unspecified atom stereocenters. The van der Waals surface area contributed by atoms with Crippen LogP contribution >= 0.6 is 0 Å². The molecule has 0 heterocycles. The lowest BCUT2D eigenvalue weighted by Gasteiger charge is -2.17. The Bertz CT molecular complexity index is 408. The van der Waals surface area contributed by atoms with Crippen LogP contribution in [0.4, 0.5) is 0 Å². The van der Waals surface area contributed by atoms with Crippen LogP contribution in [0.15, 0.2) is 29.3 Å². The maximum Gasteiger partial charge on any atom is 0.191 e. The molecule has 1 saturated carbocycles. The molecule has 3 nitrogen and oxygen atoms in total. The summed E-state index contributed by atoms with van der Waals surface area (Å²) in [6, 6.07) is 9.05. The van der Waals surface area contributed by atoms with Crippen molar-refractivity contribution in [1.82, 2.24) is 4.90 Å². The van der Waals surface area contributed by atoms with Crippen LogP contribution in [0.1, 0.15) is 30.9 Å². The minimum absolute atomic E-state index is 0.625. The SMILES string of the molecule is CCc1ccccc1CN=C(N)N(C)C1CC1. The van der Waals surface area contributed by atoms with E-state index in [2.05, 4.69) is 41.1 Å². The molecular weight excluding hydrogens is 210 g/mol. The second kappa shape index (κ2) is 5.21. The number of hydrogen-bond acceptors (Lipinski definition) is 1. The number of aryl methyl sites for hydroxylation is 1. The van der Waals surface area contributed by atoms with Crippen LogP contribution in [-0.2, 0) is 13.0 Å². The molecule has 92 valence electrons. The number of hydrogen-bond donors (Lipinski definition) is 1. The van der Waals surface area contributed by atoms with E-state index < -0.39 is 0 Å². The van der Waals surface area contributed by atoms with Gasteiger partial charge in [-0.25, -0.2) is 4.99 Å². The van der Waals surface area contributed by atoms with Gasteiger partial charge in [0, 0.05) is 13.1 Å². The van der Waals surface area contributed by atoms with Gasteiger partial charge in [-0.05, 0) is 30.4 Å². The predicted octanol–water partition coefficient (Wildman–Crippen LogP) is 2.16. The Kier molecular flexibility index (Phi) is 3.67. The number of nitrogens with two attached hydrogens (primary N) is 1. The molecule has 0 spiro atoms. The van der Waals surface area contributed by atoms with Crippen LogP contribution in [-0.4, -0.2) is 23.9 Å². The molecule has 1 aliphatic carbocycles. The van der Waals surface area contributed by atoms with E-state index in [1.165, 1.54) is 24.0 Å². The number of rotatable bonds is 4. The van der Waals surface area contributed by atoms with Crippen molar-refractivity contribution >= 4 is 5.96 Å². The zero-order valence-corrected chi connectivity index (χ0v) is 10.7. The van der Waals surface area contributed by atoms with E-state index in [9.17, 15) is 0 Å². The number of guanidine groups is 1. The fourth-order valence-corrected chi connectivity index (χ4v) is 1.98. The molecule has 0 aromatic heterocycles. The minimum atomic E-state index is 0.625. The van der Waals surface area contributed by atoms with Crippen molar-refractivity contribution < 1.29 is 0 Å². The first-order valence-corrected chi connectivity index (χ1v) is 6.32. The van der Waals surface area contributed by atoms with Gasteiger partial charge in [0.1, 0.15) is 0 Å². The molecule has 0 aliphatic heterocycles. The van der Waals surface area contributed by atoms with Crippen LogP contribution in [0, 0.1) is 0 Å². The van der Waals surface area contributed by atoms with Gasteiger partial charge >= 0.3 is 0 Å². The highest BCUT2D eigenvalue weighted by molar-refractivity contribution is 5.78. The zero-order chi connectivity index (χ0) is 12.3. The molecule has 0 amide bonds. The summed E-state index contributed by atoms with van der Waals surface area (Å²) in [4.78, 5) is 6.58. The number of aliphatic imine (C=N–C) groups is 1. The normalized spacial score (nSPS) is 16.0. The van der Waals surface area contributed by atoms with Gasteiger partial charge in [0.05, 0.1) is 6.54 Å². The van der Waals surface area contributed by atoms with Gasteiger partial charge in [0.15, 0.2) is 5.96 Å². The highest BCUT2D eigenvalue weighted by atomic mass is 15.3. The summed E-state index contributed by atoms with van der Waals surface area (Å²) < 4.78 is 0. The lowest BCUT2D eigenvalue weighted by Crippen LogP contribution is -2.35. The van der Waals surface area contributed by atoms with Gasteiger partial charge in [-0.2, -0.15) is 0 Å². The van der Waals surface area contributed by atoms with E-state index in [1.807, 2.05) is 7.05 Å². The summed E-state index contributed by atoms with van der Waals surface area (Å²) in [5, 5.41) is 0. The Morgan fingerprint density at radius 3 is 2.59 bits per heavy atom. The Hall–Kier alpha value is -1.51. The summed E-state index contributed by atoms with van der Waals surface area (Å²) in [7, 11) is 2.03. The van der Waals surface area contributed by atoms with Gasteiger partial charge in [-0.3, -0.25) is 0 Å². The molecule has 1 aliphatic rings. The maximum absolute atomic E-state index is 5.97. The van der Waals surface area contributed by atoms with E-state index in [4.69, 9.17) is 5.73 Å². The van der Waals surface area contributed by atoms with Crippen molar-refractivity contribution in [2.75, 3.05) is 7.05 Å². The monoisotopic (exact) mass is 231 g/mol. The molecule has 1 aromatic carbocycles. The topological polar surface area (TPSA) is 41.6 Å². The first-order chi connectivity index (χ1) is 8.22. The third kappa shape index (κ3) is 2.99. The third-order valence-electron chi connectivity index (χ3n) is 3.37. The molecule has 0 bridgehead atoms.